The Morgan fingerprint density at radius 2 is 2.17 bits per heavy atom. The molecule has 0 radical (unpaired) electrons. The van der Waals surface area contributed by atoms with E-state index in [0.29, 0.717) is 17.0 Å². The summed E-state index contributed by atoms with van der Waals surface area (Å²) in [6.07, 6.45) is 1.38. The van der Waals surface area contributed by atoms with Crippen molar-refractivity contribution in [3.05, 3.63) is 34.6 Å². The van der Waals surface area contributed by atoms with Crippen molar-refractivity contribution >= 4 is 11.6 Å². The topological polar surface area (TPSA) is 47.3 Å². The second kappa shape index (κ2) is 6.48. The van der Waals surface area contributed by atoms with Crippen molar-refractivity contribution in [1.82, 2.24) is 5.43 Å². The molecule has 0 aliphatic carbocycles. The van der Waals surface area contributed by atoms with Crippen molar-refractivity contribution in [3.63, 3.8) is 0 Å². The maximum absolute atomic E-state index is 13.8. The summed E-state index contributed by atoms with van der Waals surface area (Å²) in [6, 6.07) is 4.29. The van der Waals surface area contributed by atoms with Gasteiger partial charge in [0, 0.05) is 17.7 Å². The molecule has 1 aromatic rings. The highest BCUT2D eigenvalue weighted by Gasteiger charge is 2.22. The van der Waals surface area contributed by atoms with E-state index >= 15 is 0 Å². The molecule has 102 valence electrons. The number of ether oxygens (including phenoxy) is 1. The van der Waals surface area contributed by atoms with Crippen LogP contribution in [0.1, 0.15) is 38.3 Å². The van der Waals surface area contributed by atoms with Gasteiger partial charge in [-0.05, 0) is 38.8 Å². The van der Waals surface area contributed by atoms with Crippen LogP contribution >= 0.6 is 11.6 Å². The van der Waals surface area contributed by atoms with E-state index in [0.717, 1.165) is 6.42 Å². The molecule has 18 heavy (non-hydrogen) atoms. The first-order chi connectivity index (χ1) is 8.41. The van der Waals surface area contributed by atoms with Gasteiger partial charge in [0.15, 0.2) is 0 Å². The number of methoxy groups -OCH3 is 1. The van der Waals surface area contributed by atoms with Gasteiger partial charge in [0.1, 0.15) is 5.82 Å². The first-order valence-corrected chi connectivity index (χ1v) is 6.24. The van der Waals surface area contributed by atoms with Crippen LogP contribution in [0.25, 0.3) is 0 Å². The van der Waals surface area contributed by atoms with Crippen molar-refractivity contribution < 1.29 is 9.13 Å². The zero-order valence-electron chi connectivity index (χ0n) is 11.0. The second-order valence-corrected chi connectivity index (χ2v) is 5.26. The summed E-state index contributed by atoms with van der Waals surface area (Å²) in [5, 5.41) is 0.383. The normalized spacial score (nSPS) is 13.7. The standard InChI is InChI=1S/C13H20ClFN2O/c1-13(2,18-3)8-7-11(17-16)12-9(14)5-4-6-10(12)15/h4-6,11,17H,7-8,16H2,1-3H3. The number of nitrogens with one attached hydrogen (secondary N) is 1. The summed E-state index contributed by atoms with van der Waals surface area (Å²) < 4.78 is 19.1. The molecular formula is C13H20ClFN2O. The molecule has 1 atom stereocenters. The molecule has 0 bridgehead atoms. The zero-order chi connectivity index (χ0) is 13.8. The molecule has 0 aliphatic rings. The Hall–Kier alpha value is -0.680. The lowest BCUT2D eigenvalue weighted by Crippen LogP contribution is -2.32. The van der Waals surface area contributed by atoms with Crippen LogP contribution in [0, 0.1) is 5.82 Å². The summed E-state index contributed by atoms with van der Waals surface area (Å²) in [5.41, 5.74) is 2.76. The van der Waals surface area contributed by atoms with Crippen molar-refractivity contribution in [2.45, 2.75) is 38.3 Å². The Labute approximate surface area is 112 Å². The van der Waals surface area contributed by atoms with Crippen LogP contribution in [-0.4, -0.2) is 12.7 Å². The lowest BCUT2D eigenvalue weighted by Gasteiger charge is -2.26. The third-order valence-corrected chi connectivity index (χ3v) is 3.47. The monoisotopic (exact) mass is 274 g/mol. The highest BCUT2D eigenvalue weighted by Crippen LogP contribution is 2.30. The van der Waals surface area contributed by atoms with Crippen molar-refractivity contribution in [2.75, 3.05) is 7.11 Å². The molecule has 1 rings (SSSR count). The van der Waals surface area contributed by atoms with Gasteiger partial charge in [0.2, 0.25) is 0 Å². The predicted octanol–water partition coefficient (Wildman–Crippen LogP) is 3.19. The van der Waals surface area contributed by atoms with Crippen LogP contribution in [-0.2, 0) is 4.74 Å². The van der Waals surface area contributed by atoms with Gasteiger partial charge in [-0.1, -0.05) is 17.7 Å². The van der Waals surface area contributed by atoms with Gasteiger partial charge in [0.05, 0.1) is 11.6 Å². The molecule has 0 fully saturated rings. The van der Waals surface area contributed by atoms with E-state index in [2.05, 4.69) is 5.43 Å². The number of rotatable bonds is 6. The van der Waals surface area contributed by atoms with Crippen molar-refractivity contribution in [3.8, 4) is 0 Å². The Bertz CT molecular complexity index is 378. The van der Waals surface area contributed by atoms with E-state index in [-0.39, 0.29) is 17.5 Å². The molecular weight excluding hydrogens is 255 g/mol. The van der Waals surface area contributed by atoms with Crippen LogP contribution < -0.4 is 11.3 Å². The molecule has 3 N–H and O–H groups in total. The van der Waals surface area contributed by atoms with E-state index in [1.807, 2.05) is 13.8 Å². The van der Waals surface area contributed by atoms with Gasteiger partial charge < -0.3 is 4.74 Å². The summed E-state index contributed by atoms with van der Waals surface area (Å²) in [4.78, 5) is 0. The largest absolute Gasteiger partial charge is 0.379 e. The van der Waals surface area contributed by atoms with Crippen LogP contribution in [0.15, 0.2) is 18.2 Å². The molecule has 0 saturated heterocycles. The fourth-order valence-electron chi connectivity index (χ4n) is 1.75. The van der Waals surface area contributed by atoms with Crippen LogP contribution in [0.3, 0.4) is 0 Å². The minimum Gasteiger partial charge on any atom is -0.379 e. The number of hydrogen-bond donors (Lipinski definition) is 2. The third kappa shape index (κ3) is 3.92. The average Bonchev–Trinajstić information content (AvgIpc) is 2.33. The van der Waals surface area contributed by atoms with Crippen molar-refractivity contribution in [1.29, 1.82) is 0 Å². The smallest absolute Gasteiger partial charge is 0.129 e. The zero-order valence-corrected chi connectivity index (χ0v) is 11.7. The predicted molar refractivity (Wildman–Crippen MR) is 71.8 cm³/mol. The van der Waals surface area contributed by atoms with Gasteiger partial charge in [0.25, 0.3) is 0 Å². The Balaban J connectivity index is 2.84. The summed E-state index contributed by atoms with van der Waals surface area (Å²) in [5.74, 6) is 5.15. The van der Waals surface area contributed by atoms with E-state index in [9.17, 15) is 4.39 Å². The van der Waals surface area contributed by atoms with Gasteiger partial charge in [-0.2, -0.15) is 0 Å². The summed E-state index contributed by atoms with van der Waals surface area (Å²) in [7, 11) is 1.65. The van der Waals surface area contributed by atoms with Crippen LogP contribution in [0.4, 0.5) is 4.39 Å². The van der Waals surface area contributed by atoms with Crippen molar-refractivity contribution in [2.24, 2.45) is 5.84 Å². The molecule has 3 nitrogen and oxygen atoms in total. The fraction of sp³-hybridized carbons (Fsp3) is 0.538. The maximum Gasteiger partial charge on any atom is 0.129 e. The summed E-state index contributed by atoms with van der Waals surface area (Å²) >= 11 is 6.02. The molecule has 1 unspecified atom stereocenters. The Morgan fingerprint density at radius 1 is 1.50 bits per heavy atom. The first-order valence-electron chi connectivity index (χ1n) is 5.86. The lowest BCUT2D eigenvalue weighted by molar-refractivity contribution is 0.0116. The molecule has 0 heterocycles. The number of nitrogens with two attached hydrogens (primary N) is 1. The maximum atomic E-state index is 13.8. The number of hydrazine groups is 1. The molecule has 0 spiro atoms. The van der Waals surface area contributed by atoms with Gasteiger partial charge in [-0.3, -0.25) is 11.3 Å². The quantitative estimate of drug-likeness (QED) is 0.619. The third-order valence-electron chi connectivity index (χ3n) is 3.14. The van der Waals surface area contributed by atoms with Gasteiger partial charge in [-0.15, -0.1) is 0 Å². The second-order valence-electron chi connectivity index (χ2n) is 4.86. The Morgan fingerprint density at radius 3 is 2.67 bits per heavy atom. The number of benzene rings is 1. The number of hydrogen-bond acceptors (Lipinski definition) is 3. The van der Waals surface area contributed by atoms with Crippen LogP contribution in [0.5, 0.6) is 0 Å². The van der Waals surface area contributed by atoms with E-state index < -0.39 is 0 Å². The van der Waals surface area contributed by atoms with E-state index in [4.69, 9.17) is 22.2 Å². The van der Waals surface area contributed by atoms with Crippen LogP contribution in [0.2, 0.25) is 5.02 Å². The van der Waals surface area contributed by atoms with E-state index in [1.54, 1.807) is 19.2 Å². The first kappa shape index (κ1) is 15.4. The highest BCUT2D eigenvalue weighted by atomic mass is 35.5. The molecule has 0 aliphatic heterocycles. The minimum atomic E-state index is -0.347. The fourth-order valence-corrected chi connectivity index (χ4v) is 2.04. The molecule has 5 heteroatoms. The number of halogens is 2. The Kier molecular flexibility index (Phi) is 5.53. The van der Waals surface area contributed by atoms with Gasteiger partial charge >= 0.3 is 0 Å². The van der Waals surface area contributed by atoms with Gasteiger partial charge in [-0.25, -0.2) is 4.39 Å². The highest BCUT2D eigenvalue weighted by molar-refractivity contribution is 6.31. The average molecular weight is 275 g/mol. The SMILES string of the molecule is COC(C)(C)CCC(NN)c1c(F)cccc1Cl. The molecule has 0 aromatic heterocycles. The van der Waals surface area contributed by atoms with E-state index in [1.165, 1.54) is 6.07 Å². The lowest BCUT2D eigenvalue weighted by atomic mass is 9.95. The molecule has 1 aromatic carbocycles. The minimum absolute atomic E-state index is 0.271. The summed E-state index contributed by atoms with van der Waals surface area (Å²) in [6.45, 7) is 3.95. The molecule has 0 saturated carbocycles. The molecule has 0 amide bonds.